The van der Waals surface area contributed by atoms with Crippen LogP contribution in [0, 0.1) is 5.82 Å². The number of urea groups is 1. The zero-order valence-electron chi connectivity index (χ0n) is 9.70. The molecule has 0 saturated carbocycles. The first-order chi connectivity index (χ1) is 8.20. The molecule has 1 heterocycles. The van der Waals surface area contributed by atoms with E-state index >= 15 is 0 Å². The summed E-state index contributed by atoms with van der Waals surface area (Å²) < 4.78 is 18.3. The van der Waals surface area contributed by atoms with E-state index in [2.05, 4.69) is 5.32 Å². The fourth-order valence-corrected chi connectivity index (χ4v) is 1.91. The van der Waals surface area contributed by atoms with Crippen molar-refractivity contribution in [3.63, 3.8) is 0 Å². The van der Waals surface area contributed by atoms with Gasteiger partial charge < -0.3 is 15.0 Å². The molecule has 0 radical (unpaired) electrons. The molecule has 0 unspecified atom stereocenters. The van der Waals surface area contributed by atoms with Gasteiger partial charge in [0.25, 0.3) is 0 Å². The molecule has 1 aromatic carbocycles. The van der Waals surface area contributed by atoms with Gasteiger partial charge in [0, 0.05) is 18.7 Å². The van der Waals surface area contributed by atoms with Crippen molar-refractivity contribution in [3.05, 3.63) is 29.6 Å². The molecule has 17 heavy (non-hydrogen) atoms. The lowest BCUT2D eigenvalue weighted by atomic mass is 10.1. The van der Waals surface area contributed by atoms with Crippen LogP contribution in [0.1, 0.15) is 12.0 Å². The summed E-state index contributed by atoms with van der Waals surface area (Å²) in [4.78, 5) is 13.2. The van der Waals surface area contributed by atoms with E-state index < -0.39 is 0 Å². The van der Waals surface area contributed by atoms with Crippen LogP contribution in [0.4, 0.5) is 9.18 Å². The van der Waals surface area contributed by atoms with E-state index in [4.69, 9.17) is 4.74 Å². The SMILES string of the molecule is COc1ccc(F)cc1CN1CCCNC1=O. The number of carbonyl (C=O) groups is 1. The van der Waals surface area contributed by atoms with Crippen LogP contribution in [-0.2, 0) is 6.54 Å². The molecule has 1 aromatic rings. The van der Waals surface area contributed by atoms with Gasteiger partial charge in [0.1, 0.15) is 11.6 Å². The van der Waals surface area contributed by atoms with E-state index in [9.17, 15) is 9.18 Å². The zero-order valence-corrected chi connectivity index (χ0v) is 9.70. The molecule has 5 heteroatoms. The highest BCUT2D eigenvalue weighted by Gasteiger charge is 2.19. The molecule has 1 aliphatic rings. The summed E-state index contributed by atoms with van der Waals surface area (Å²) in [5.74, 6) is 0.281. The van der Waals surface area contributed by atoms with Crippen LogP contribution in [0.25, 0.3) is 0 Å². The Hall–Kier alpha value is -1.78. The third-order valence-electron chi connectivity index (χ3n) is 2.77. The van der Waals surface area contributed by atoms with E-state index in [-0.39, 0.29) is 11.8 Å². The van der Waals surface area contributed by atoms with Crippen LogP contribution in [0.3, 0.4) is 0 Å². The van der Waals surface area contributed by atoms with Crippen LogP contribution in [0.2, 0.25) is 0 Å². The molecule has 1 fully saturated rings. The van der Waals surface area contributed by atoms with E-state index in [1.54, 1.807) is 11.0 Å². The van der Waals surface area contributed by atoms with Crippen LogP contribution >= 0.6 is 0 Å². The second-order valence-electron chi connectivity index (χ2n) is 3.96. The van der Waals surface area contributed by atoms with Gasteiger partial charge in [0.15, 0.2) is 0 Å². The van der Waals surface area contributed by atoms with Gasteiger partial charge in [-0.2, -0.15) is 0 Å². The lowest BCUT2D eigenvalue weighted by molar-refractivity contribution is 0.182. The highest BCUT2D eigenvalue weighted by Crippen LogP contribution is 2.21. The van der Waals surface area contributed by atoms with Gasteiger partial charge in [-0.25, -0.2) is 9.18 Å². The number of halogens is 1. The normalized spacial score (nSPS) is 15.6. The topological polar surface area (TPSA) is 41.6 Å². The number of hydrogen-bond donors (Lipinski definition) is 1. The third kappa shape index (κ3) is 2.67. The number of amides is 2. The molecule has 2 amide bonds. The van der Waals surface area contributed by atoms with E-state index in [0.717, 1.165) is 6.42 Å². The molecule has 0 atom stereocenters. The number of benzene rings is 1. The summed E-state index contributed by atoms with van der Waals surface area (Å²) in [7, 11) is 1.53. The summed E-state index contributed by atoms with van der Waals surface area (Å²) in [6, 6.07) is 4.22. The number of methoxy groups -OCH3 is 1. The van der Waals surface area contributed by atoms with E-state index in [0.29, 0.717) is 30.9 Å². The average molecular weight is 238 g/mol. The lowest BCUT2D eigenvalue weighted by Crippen LogP contribution is -2.45. The van der Waals surface area contributed by atoms with Gasteiger partial charge in [-0.05, 0) is 24.6 Å². The number of ether oxygens (including phenoxy) is 1. The van der Waals surface area contributed by atoms with Crippen LogP contribution in [0.5, 0.6) is 5.75 Å². The maximum atomic E-state index is 13.2. The molecule has 0 aromatic heterocycles. The quantitative estimate of drug-likeness (QED) is 0.871. The number of nitrogens with zero attached hydrogens (tertiary/aromatic N) is 1. The molecule has 0 bridgehead atoms. The highest BCUT2D eigenvalue weighted by atomic mass is 19.1. The van der Waals surface area contributed by atoms with Gasteiger partial charge in [0.2, 0.25) is 0 Å². The monoisotopic (exact) mass is 238 g/mol. The minimum Gasteiger partial charge on any atom is -0.496 e. The predicted molar refractivity (Wildman–Crippen MR) is 61.4 cm³/mol. The molecule has 1 N–H and O–H groups in total. The summed E-state index contributed by atoms with van der Waals surface area (Å²) >= 11 is 0. The fraction of sp³-hybridized carbons (Fsp3) is 0.417. The minimum absolute atomic E-state index is 0.109. The molecule has 2 rings (SSSR count). The molecule has 92 valence electrons. The molecule has 1 saturated heterocycles. The maximum Gasteiger partial charge on any atom is 0.317 e. The Bertz CT molecular complexity index is 423. The van der Waals surface area contributed by atoms with Gasteiger partial charge in [-0.3, -0.25) is 0 Å². The number of rotatable bonds is 3. The summed E-state index contributed by atoms with van der Waals surface area (Å²) in [6.45, 7) is 1.76. The van der Waals surface area contributed by atoms with Gasteiger partial charge >= 0.3 is 6.03 Å². The molecule has 0 spiro atoms. The van der Waals surface area contributed by atoms with Crippen LogP contribution < -0.4 is 10.1 Å². The summed E-state index contributed by atoms with van der Waals surface area (Å²) in [5, 5.41) is 2.76. The second kappa shape index (κ2) is 5.03. The Balaban J connectivity index is 2.16. The number of carbonyl (C=O) groups excluding carboxylic acids is 1. The van der Waals surface area contributed by atoms with Crippen molar-refractivity contribution in [3.8, 4) is 5.75 Å². The van der Waals surface area contributed by atoms with Gasteiger partial charge in [-0.1, -0.05) is 0 Å². The standard InChI is InChI=1S/C12H15FN2O2/c1-17-11-4-3-10(13)7-9(11)8-15-6-2-5-14-12(15)16/h3-4,7H,2,5-6,8H2,1H3,(H,14,16). The van der Waals surface area contributed by atoms with Gasteiger partial charge in [-0.15, -0.1) is 0 Å². The van der Waals surface area contributed by atoms with Crippen molar-refractivity contribution in [1.29, 1.82) is 0 Å². The average Bonchev–Trinajstić information content (AvgIpc) is 2.32. The minimum atomic E-state index is -0.321. The third-order valence-corrected chi connectivity index (χ3v) is 2.77. The second-order valence-corrected chi connectivity index (χ2v) is 3.96. The van der Waals surface area contributed by atoms with Crippen molar-refractivity contribution in [2.45, 2.75) is 13.0 Å². The largest absolute Gasteiger partial charge is 0.496 e. The Morgan fingerprint density at radius 1 is 1.53 bits per heavy atom. The smallest absolute Gasteiger partial charge is 0.317 e. The first-order valence-corrected chi connectivity index (χ1v) is 5.56. The summed E-state index contributed by atoms with van der Waals surface area (Å²) in [5.41, 5.74) is 0.685. The Morgan fingerprint density at radius 2 is 2.35 bits per heavy atom. The van der Waals surface area contributed by atoms with Crippen molar-refractivity contribution in [1.82, 2.24) is 10.2 Å². The molecule has 0 aliphatic carbocycles. The Kier molecular flexibility index (Phi) is 3.46. The molecule has 4 nitrogen and oxygen atoms in total. The predicted octanol–water partition coefficient (Wildman–Crippen LogP) is 1.75. The maximum absolute atomic E-state index is 13.2. The highest BCUT2D eigenvalue weighted by molar-refractivity contribution is 5.74. The van der Waals surface area contributed by atoms with Crippen molar-refractivity contribution < 1.29 is 13.9 Å². The van der Waals surface area contributed by atoms with Crippen molar-refractivity contribution >= 4 is 6.03 Å². The lowest BCUT2D eigenvalue weighted by Gasteiger charge is -2.28. The first-order valence-electron chi connectivity index (χ1n) is 5.56. The molecular formula is C12H15FN2O2. The Labute approximate surface area is 99.4 Å². The number of hydrogen-bond acceptors (Lipinski definition) is 2. The molecular weight excluding hydrogens is 223 g/mol. The summed E-state index contributed by atoms with van der Waals surface area (Å²) in [6.07, 6.45) is 0.906. The van der Waals surface area contributed by atoms with Crippen LogP contribution in [0.15, 0.2) is 18.2 Å². The fourth-order valence-electron chi connectivity index (χ4n) is 1.91. The number of nitrogens with one attached hydrogen (secondary N) is 1. The Morgan fingerprint density at radius 3 is 3.06 bits per heavy atom. The van der Waals surface area contributed by atoms with E-state index in [1.807, 2.05) is 0 Å². The van der Waals surface area contributed by atoms with Crippen LogP contribution in [-0.4, -0.2) is 31.1 Å². The van der Waals surface area contributed by atoms with Crippen molar-refractivity contribution in [2.24, 2.45) is 0 Å². The van der Waals surface area contributed by atoms with E-state index in [1.165, 1.54) is 19.2 Å². The molecule has 1 aliphatic heterocycles. The first kappa shape index (κ1) is 11.7. The zero-order chi connectivity index (χ0) is 12.3. The van der Waals surface area contributed by atoms with Gasteiger partial charge in [0.05, 0.1) is 13.7 Å². The van der Waals surface area contributed by atoms with Crippen molar-refractivity contribution in [2.75, 3.05) is 20.2 Å².